The largest absolute Gasteiger partial charge is 0.497 e. The molecule has 0 unspecified atom stereocenters. The van der Waals surface area contributed by atoms with Crippen LogP contribution in [0.3, 0.4) is 0 Å². The minimum absolute atomic E-state index is 0.150. The highest BCUT2D eigenvalue weighted by Gasteiger charge is 2.15. The summed E-state index contributed by atoms with van der Waals surface area (Å²) < 4.78 is 10.7. The van der Waals surface area contributed by atoms with Gasteiger partial charge in [0.15, 0.2) is 0 Å². The molecule has 1 saturated carbocycles. The number of carbonyl (C=O) groups is 1. The molecule has 3 rings (SSSR count). The number of pyridine rings is 1. The smallest absolute Gasteiger partial charge is 0.252 e. The maximum Gasteiger partial charge on any atom is 0.252 e. The van der Waals surface area contributed by atoms with Crippen molar-refractivity contribution in [2.45, 2.75) is 31.7 Å². The van der Waals surface area contributed by atoms with Crippen LogP contribution >= 0.6 is 0 Å². The Hall–Kier alpha value is -2.76. The first-order valence-corrected chi connectivity index (χ1v) is 9.02. The van der Waals surface area contributed by atoms with Crippen molar-refractivity contribution >= 4 is 11.7 Å². The van der Waals surface area contributed by atoms with Gasteiger partial charge in [-0.2, -0.15) is 0 Å². The van der Waals surface area contributed by atoms with Gasteiger partial charge in [0.25, 0.3) is 5.91 Å². The molecule has 1 heterocycles. The quantitative estimate of drug-likeness (QED) is 0.711. The molecule has 6 nitrogen and oxygen atoms in total. The summed E-state index contributed by atoms with van der Waals surface area (Å²) in [5.74, 6) is 2.20. The first kappa shape index (κ1) is 18.0. The Balaban J connectivity index is 1.39. The Morgan fingerprint density at radius 3 is 2.50 bits per heavy atom. The average Bonchev–Trinajstić information content (AvgIpc) is 3.19. The van der Waals surface area contributed by atoms with Gasteiger partial charge in [0.2, 0.25) is 0 Å². The molecule has 2 N–H and O–H groups in total. The Morgan fingerprint density at radius 2 is 1.85 bits per heavy atom. The monoisotopic (exact) mass is 355 g/mol. The number of rotatable bonds is 8. The lowest BCUT2D eigenvalue weighted by atomic mass is 10.2. The molecule has 1 fully saturated rings. The van der Waals surface area contributed by atoms with Gasteiger partial charge in [-0.25, -0.2) is 4.98 Å². The predicted molar refractivity (Wildman–Crippen MR) is 101 cm³/mol. The van der Waals surface area contributed by atoms with Gasteiger partial charge < -0.3 is 20.1 Å². The molecule has 0 bridgehead atoms. The Bertz CT molecular complexity index is 695. The molecule has 1 aromatic heterocycles. The van der Waals surface area contributed by atoms with Crippen molar-refractivity contribution in [3.05, 3.63) is 48.2 Å². The highest BCUT2D eigenvalue weighted by Crippen LogP contribution is 2.21. The second kappa shape index (κ2) is 9.08. The van der Waals surface area contributed by atoms with E-state index in [1.54, 1.807) is 19.4 Å². The average molecular weight is 355 g/mol. The van der Waals surface area contributed by atoms with Crippen LogP contribution in [0.2, 0.25) is 0 Å². The highest BCUT2D eigenvalue weighted by molar-refractivity contribution is 5.94. The van der Waals surface area contributed by atoms with Crippen molar-refractivity contribution in [2.24, 2.45) is 0 Å². The van der Waals surface area contributed by atoms with E-state index >= 15 is 0 Å². The Morgan fingerprint density at radius 1 is 1.12 bits per heavy atom. The SMILES string of the molecule is COc1ccc(OCCNC(=O)c2ccc(NC3CCCC3)nc2)cc1. The number of methoxy groups -OCH3 is 1. The molecule has 0 atom stereocenters. The molecule has 26 heavy (non-hydrogen) atoms. The van der Waals surface area contributed by atoms with Gasteiger partial charge in [0.1, 0.15) is 23.9 Å². The Kier molecular flexibility index (Phi) is 6.30. The van der Waals surface area contributed by atoms with Crippen LogP contribution < -0.4 is 20.1 Å². The van der Waals surface area contributed by atoms with Crippen LogP contribution in [-0.2, 0) is 0 Å². The van der Waals surface area contributed by atoms with Crippen LogP contribution in [0, 0.1) is 0 Å². The molecule has 0 aliphatic heterocycles. The van der Waals surface area contributed by atoms with E-state index in [0.717, 1.165) is 17.3 Å². The van der Waals surface area contributed by atoms with Gasteiger partial charge in [-0.05, 0) is 49.2 Å². The third-order valence-corrected chi connectivity index (χ3v) is 4.45. The lowest BCUT2D eigenvalue weighted by Gasteiger charge is -2.12. The Labute approximate surface area is 153 Å². The van der Waals surface area contributed by atoms with E-state index in [9.17, 15) is 4.79 Å². The van der Waals surface area contributed by atoms with Gasteiger partial charge in [-0.1, -0.05) is 12.8 Å². The van der Waals surface area contributed by atoms with E-state index in [4.69, 9.17) is 9.47 Å². The standard InChI is InChI=1S/C20H25N3O3/c1-25-17-7-9-18(10-8-17)26-13-12-21-20(24)15-6-11-19(22-14-15)23-16-4-2-3-5-16/h6-11,14,16H,2-5,12-13H2,1H3,(H,21,24)(H,22,23). The summed E-state index contributed by atoms with van der Waals surface area (Å²) in [5.41, 5.74) is 0.548. The summed E-state index contributed by atoms with van der Waals surface area (Å²) in [6.45, 7) is 0.819. The second-order valence-electron chi connectivity index (χ2n) is 6.34. The van der Waals surface area contributed by atoms with E-state index in [1.807, 2.05) is 30.3 Å². The lowest BCUT2D eigenvalue weighted by Crippen LogP contribution is -2.28. The van der Waals surface area contributed by atoms with Crippen LogP contribution in [0.25, 0.3) is 0 Å². The second-order valence-corrected chi connectivity index (χ2v) is 6.34. The number of ether oxygens (including phenoxy) is 2. The third kappa shape index (κ3) is 5.12. The van der Waals surface area contributed by atoms with Crippen LogP contribution in [0.1, 0.15) is 36.0 Å². The molecular weight excluding hydrogens is 330 g/mol. The van der Waals surface area contributed by atoms with Crippen LogP contribution in [-0.4, -0.2) is 37.2 Å². The number of amides is 1. The summed E-state index contributed by atoms with van der Waals surface area (Å²) >= 11 is 0. The van der Waals surface area contributed by atoms with E-state index in [1.165, 1.54) is 25.7 Å². The predicted octanol–water partition coefficient (Wildman–Crippen LogP) is 3.25. The van der Waals surface area contributed by atoms with Crippen molar-refractivity contribution in [2.75, 3.05) is 25.6 Å². The molecule has 2 aromatic rings. The fourth-order valence-electron chi connectivity index (χ4n) is 3.00. The zero-order valence-corrected chi connectivity index (χ0v) is 15.0. The van der Waals surface area contributed by atoms with Gasteiger partial charge in [-0.3, -0.25) is 4.79 Å². The molecule has 6 heteroatoms. The topological polar surface area (TPSA) is 72.5 Å². The van der Waals surface area contributed by atoms with E-state index in [2.05, 4.69) is 15.6 Å². The van der Waals surface area contributed by atoms with Crippen molar-refractivity contribution in [1.29, 1.82) is 0 Å². The summed E-state index contributed by atoms with van der Waals surface area (Å²) in [6.07, 6.45) is 6.54. The maximum absolute atomic E-state index is 12.2. The minimum atomic E-state index is -0.150. The molecule has 0 radical (unpaired) electrons. The number of benzene rings is 1. The molecule has 1 aromatic carbocycles. The van der Waals surface area contributed by atoms with Crippen LogP contribution in [0.15, 0.2) is 42.6 Å². The normalized spacial score (nSPS) is 14.0. The molecular formula is C20H25N3O3. The molecule has 1 amide bonds. The zero-order chi connectivity index (χ0) is 18.2. The number of nitrogens with one attached hydrogen (secondary N) is 2. The first-order valence-electron chi connectivity index (χ1n) is 9.02. The fourth-order valence-corrected chi connectivity index (χ4v) is 3.00. The minimum Gasteiger partial charge on any atom is -0.497 e. The number of anilines is 1. The zero-order valence-electron chi connectivity index (χ0n) is 15.0. The maximum atomic E-state index is 12.2. The molecule has 138 valence electrons. The van der Waals surface area contributed by atoms with Crippen molar-refractivity contribution in [3.8, 4) is 11.5 Å². The lowest BCUT2D eigenvalue weighted by molar-refractivity contribution is 0.0946. The van der Waals surface area contributed by atoms with Crippen molar-refractivity contribution < 1.29 is 14.3 Å². The highest BCUT2D eigenvalue weighted by atomic mass is 16.5. The van der Waals surface area contributed by atoms with E-state index in [-0.39, 0.29) is 5.91 Å². The van der Waals surface area contributed by atoms with E-state index in [0.29, 0.717) is 24.8 Å². The van der Waals surface area contributed by atoms with Gasteiger partial charge in [0, 0.05) is 12.2 Å². The van der Waals surface area contributed by atoms with Crippen molar-refractivity contribution in [1.82, 2.24) is 10.3 Å². The summed E-state index contributed by atoms with van der Waals surface area (Å²) in [5, 5.41) is 6.25. The molecule has 0 saturated heterocycles. The molecule has 1 aliphatic carbocycles. The van der Waals surface area contributed by atoms with Gasteiger partial charge in [-0.15, -0.1) is 0 Å². The van der Waals surface area contributed by atoms with Crippen LogP contribution in [0.4, 0.5) is 5.82 Å². The first-order chi connectivity index (χ1) is 12.7. The van der Waals surface area contributed by atoms with Crippen molar-refractivity contribution in [3.63, 3.8) is 0 Å². The third-order valence-electron chi connectivity index (χ3n) is 4.45. The number of aromatic nitrogens is 1. The van der Waals surface area contributed by atoms with E-state index < -0.39 is 0 Å². The van der Waals surface area contributed by atoms with Crippen LogP contribution in [0.5, 0.6) is 11.5 Å². The number of hydrogen-bond acceptors (Lipinski definition) is 5. The number of nitrogens with zero attached hydrogens (tertiary/aromatic N) is 1. The fraction of sp³-hybridized carbons (Fsp3) is 0.400. The number of hydrogen-bond donors (Lipinski definition) is 2. The summed E-state index contributed by atoms with van der Waals surface area (Å²) in [6, 6.07) is 11.5. The molecule has 1 aliphatic rings. The summed E-state index contributed by atoms with van der Waals surface area (Å²) in [7, 11) is 1.62. The number of carbonyl (C=O) groups excluding carboxylic acids is 1. The molecule has 0 spiro atoms. The summed E-state index contributed by atoms with van der Waals surface area (Å²) in [4.78, 5) is 16.5. The van der Waals surface area contributed by atoms with Gasteiger partial charge >= 0.3 is 0 Å². The van der Waals surface area contributed by atoms with Gasteiger partial charge in [0.05, 0.1) is 19.2 Å².